The van der Waals surface area contributed by atoms with Gasteiger partial charge in [-0.05, 0) is 72.4 Å². The highest BCUT2D eigenvalue weighted by atomic mass is 19.1. The van der Waals surface area contributed by atoms with Gasteiger partial charge in [0.05, 0.1) is 13.2 Å². The standard InChI is InChI=1S/C33H41FN4O5/c1-4-13-38(14-5-2)33(42)28-18-23(31(35)40)17-27(32(36)41)30(28)26(16-21-9-11-24(34)12-10-21)29(39)20-37-19-22-7-6-8-25(15-22)43-3/h6-12,15,17-18,26,29,37,39H,4-5,13-14,16,19-20H2,1-3H3,(H2,35,40)(H2,36,41)/t26-,29+/m1/s1. The van der Waals surface area contributed by atoms with E-state index >= 15 is 0 Å². The van der Waals surface area contributed by atoms with Gasteiger partial charge in [0.2, 0.25) is 11.8 Å². The number of hydrogen-bond donors (Lipinski definition) is 4. The number of amides is 3. The van der Waals surface area contributed by atoms with Crippen molar-refractivity contribution in [3.63, 3.8) is 0 Å². The summed E-state index contributed by atoms with van der Waals surface area (Å²) < 4.78 is 19.0. The first-order valence-electron chi connectivity index (χ1n) is 14.4. The zero-order chi connectivity index (χ0) is 31.5. The Hall–Kier alpha value is -4.28. The third-order valence-electron chi connectivity index (χ3n) is 7.26. The van der Waals surface area contributed by atoms with Crippen molar-refractivity contribution in [3.8, 4) is 5.75 Å². The summed E-state index contributed by atoms with van der Waals surface area (Å²) in [5.74, 6) is -2.65. The number of aliphatic hydroxyl groups is 1. The Morgan fingerprint density at radius 3 is 2.16 bits per heavy atom. The molecule has 0 aliphatic heterocycles. The first-order chi connectivity index (χ1) is 20.6. The Balaban J connectivity index is 2.13. The number of aliphatic hydroxyl groups excluding tert-OH is 1. The largest absolute Gasteiger partial charge is 0.497 e. The van der Waals surface area contributed by atoms with E-state index in [-0.39, 0.29) is 35.2 Å². The van der Waals surface area contributed by atoms with Gasteiger partial charge in [-0.3, -0.25) is 14.4 Å². The predicted molar refractivity (Wildman–Crippen MR) is 164 cm³/mol. The molecule has 0 bridgehead atoms. The number of primary amides is 2. The maximum absolute atomic E-state index is 14.0. The zero-order valence-electron chi connectivity index (χ0n) is 24.9. The number of ether oxygens (including phenoxy) is 1. The molecule has 0 aliphatic carbocycles. The Morgan fingerprint density at radius 1 is 0.930 bits per heavy atom. The van der Waals surface area contributed by atoms with Gasteiger partial charge in [-0.2, -0.15) is 0 Å². The van der Waals surface area contributed by atoms with Gasteiger partial charge >= 0.3 is 0 Å². The lowest BCUT2D eigenvalue weighted by Gasteiger charge is -2.30. The molecule has 43 heavy (non-hydrogen) atoms. The molecular weight excluding hydrogens is 551 g/mol. The second-order valence-electron chi connectivity index (χ2n) is 10.5. The summed E-state index contributed by atoms with van der Waals surface area (Å²) in [6.45, 7) is 5.28. The van der Waals surface area contributed by atoms with Crippen LogP contribution < -0.4 is 21.5 Å². The summed E-state index contributed by atoms with van der Waals surface area (Å²) in [5, 5.41) is 14.9. The van der Waals surface area contributed by atoms with Gasteiger partial charge in [-0.25, -0.2) is 4.39 Å². The molecule has 3 aromatic carbocycles. The summed E-state index contributed by atoms with van der Waals surface area (Å²) in [4.78, 5) is 40.8. The smallest absolute Gasteiger partial charge is 0.254 e. The minimum absolute atomic E-state index is 0.0416. The third kappa shape index (κ3) is 8.86. The third-order valence-corrected chi connectivity index (χ3v) is 7.26. The molecule has 0 aromatic heterocycles. The number of methoxy groups -OCH3 is 1. The Kier molecular flexibility index (Phi) is 12.2. The van der Waals surface area contributed by atoms with Crippen molar-refractivity contribution in [2.24, 2.45) is 11.5 Å². The van der Waals surface area contributed by atoms with Crippen LogP contribution in [0.5, 0.6) is 5.75 Å². The van der Waals surface area contributed by atoms with Crippen LogP contribution in [0.3, 0.4) is 0 Å². The van der Waals surface area contributed by atoms with E-state index in [0.717, 1.165) is 5.56 Å². The minimum Gasteiger partial charge on any atom is -0.497 e. The molecule has 0 saturated carbocycles. The van der Waals surface area contributed by atoms with Gasteiger partial charge in [0.25, 0.3) is 5.91 Å². The van der Waals surface area contributed by atoms with Gasteiger partial charge in [-0.15, -0.1) is 0 Å². The maximum atomic E-state index is 14.0. The molecule has 3 aromatic rings. The summed E-state index contributed by atoms with van der Waals surface area (Å²) in [6, 6.07) is 15.9. The number of carbonyl (C=O) groups is 3. The van der Waals surface area contributed by atoms with Crippen LogP contribution in [-0.4, -0.2) is 60.6 Å². The van der Waals surface area contributed by atoms with Crippen LogP contribution in [-0.2, 0) is 13.0 Å². The van der Waals surface area contributed by atoms with E-state index in [0.29, 0.717) is 43.8 Å². The molecule has 0 spiro atoms. The number of rotatable bonds is 16. The van der Waals surface area contributed by atoms with Gasteiger partial charge in [-0.1, -0.05) is 38.1 Å². The lowest BCUT2D eigenvalue weighted by atomic mass is 9.80. The number of halogens is 1. The molecule has 3 amide bonds. The van der Waals surface area contributed by atoms with Crippen LogP contribution >= 0.6 is 0 Å². The average molecular weight is 593 g/mol. The quantitative estimate of drug-likeness (QED) is 0.199. The fourth-order valence-electron chi connectivity index (χ4n) is 5.19. The molecule has 10 heteroatoms. The van der Waals surface area contributed by atoms with Crippen LogP contribution in [0.1, 0.15) is 80.4 Å². The lowest BCUT2D eigenvalue weighted by molar-refractivity contribution is 0.0751. The van der Waals surface area contributed by atoms with Crippen molar-refractivity contribution in [2.45, 2.75) is 51.7 Å². The molecule has 0 unspecified atom stereocenters. The molecular formula is C33H41FN4O5. The van der Waals surface area contributed by atoms with Gasteiger partial charge < -0.3 is 31.5 Å². The van der Waals surface area contributed by atoms with Crippen LogP contribution in [0, 0.1) is 5.82 Å². The number of benzene rings is 3. The van der Waals surface area contributed by atoms with Gasteiger partial charge in [0.15, 0.2) is 0 Å². The van der Waals surface area contributed by atoms with Gasteiger partial charge in [0, 0.05) is 48.8 Å². The SMILES string of the molecule is CCCN(CCC)C(=O)c1cc(C(N)=O)cc(C(N)=O)c1[C@H](Cc1ccc(F)cc1)[C@@H](O)CNCc1cccc(OC)c1. The second-order valence-corrected chi connectivity index (χ2v) is 10.5. The van der Waals surface area contributed by atoms with Crippen LogP contribution in [0.25, 0.3) is 0 Å². The summed E-state index contributed by atoms with van der Waals surface area (Å²) in [6.07, 6.45) is 0.412. The molecule has 0 heterocycles. The minimum atomic E-state index is -1.12. The van der Waals surface area contributed by atoms with Crippen molar-refractivity contribution >= 4 is 17.7 Å². The number of nitrogens with zero attached hydrogens (tertiary/aromatic N) is 1. The summed E-state index contributed by atoms with van der Waals surface area (Å²) >= 11 is 0. The lowest BCUT2D eigenvalue weighted by Crippen LogP contribution is -2.38. The predicted octanol–water partition coefficient (Wildman–Crippen LogP) is 3.77. The summed E-state index contributed by atoms with van der Waals surface area (Å²) in [5.41, 5.74) is 13.2. The van der Waals surface area contributed by atoms with Crippen molar-refractivity contribution in [1.82, 2.24) is 10.2 Å². The molecule has 0 aliphatic rings. The van der Waals surface area contributed by atoms with Crippen LogP contribution in [0.2, 0.25) is 0 Å². The first-order valence-corrected chi connectivity index (χ1v) is 14.4. The highest BCUT2D eigenvalue weighted by molar-refractivity contribution is 6.06. The van der Waals surface area contributed by atoms with Crippen LogP contribution in [0.15, 0.2) is 60.7 Å². The number of nitrogens with one attached hydrogen (secondary N) is 1. The average Bonchev–Trinajstić information content (AvgIpc) is 2.99. The monoisotopic (exact) mass is 592 g/mol. The number of hydrogen-bond acceptors (Lipinski definition) is 6. The Morgan fingerprint density at radius 2 is 1.58 bits per heavy atom. The molecule has 230 valence electrons. The molecule has 3 rings (SSSR count). The normalized spacial score (nSPS) is 12.4. The molecule has 6 N–H and O–H groups in total. The molecule has 2 atom stereocenters. The molecule has 9 nitrogen and oxygen atoms in total. The van der Waals surface area contributed by atoms with Gasteiger partial charge in [0.1, 0.15) is 11.6 Å². The van der Waals surface area contributed by atoms with E-state index in [9.17, 15) is 23.9 Å². The van der Waals surface area contributed by atoms with E-state index in [1.54, 1.807) is 24.1 Å². The van der Waals surface area contributed by atoms with E-state index < -0.39 is 35.6 Å². The van der Waals surface area contributed by atoms with Crippen molar-refractivity contribution in [1.29, 1.82) is 0 Å². The fraction of sp³-hybridized carbons (Fsp3) is 0.364. The van der Waals surface area contributed by atoms with E-state index in [1.807, 2.05) is 38.1 Å². The van der Waals surface area contributed by atoms with E-state index in [2.05, 4.69) is 5.32 Å². The summed E-state index contributed by atoms with van der Waals surface area (Å²) in [7, 11) is 1.58. The Bertz CT molecular complexity index is 1410. The number of carbonyl (C=O) groups excluding carboxylic acids is 3. The van der Waals surface area contributed by atoms with Crippen molar-refractivity contribution in [2.75, 3.05) is 26.7 Å². The zero-order valence-corrected chi connectivity index (χ0v) is 24.9. The topological polar surface area (TPSA) is 148 Å². The maximum Gasteiger partial charge on any atom is 0.254 e. The highest BCUT2D eigenvalue weighted by Crippen LogP contribution is 2.33. The van der Waals surface area contributed by atoms with Crippen molar-refractivity contribution in [3.05, 3.63) is 99.9 Å². The Labute approximate surface area is 252 Å². The van der Waals surface area contributed by atoms with E-state index in [1.165, 1.54) is 24.3 Å². The first kappa shape index (κ1) is 33.2. The molecule has 0 fully saturated rings. The molecule has 0 radical (unpaired) electrons. The fourth-order valence-corrected chi connectivity index (χ4v) is 5.19. The van der Waals surface area contributed by atoms with Crippen molar-refractivity contribution < 1.29 is 28.6 Å². The van der Waals surface area contributed by atoms with Crippen LogP contribution in [0.4, 0.5) is 4.39 Å². The van der Waals surface area contributed by atoms with E-state index in [4.69, 9.17) is 16.2 Å². The number of nitrogens with two attached hydrogens (primary N) is 2. The second kappa shape index (κ2) is 15.8. The molecule has 0 saturated heterocycles. The highest BCUT2D eigenvalue weighted by Gasteiger charge is 2.32.